The summed E-state index contributed by atoms with van der Waals surface area (Å²) in [6.45, 7) is 1.09. The van der Waals surface area contributed by atoms with E-state index in [9.17, 15) is 9.90 Å². The van der Waals surface area contributed by atoms with Crippen LogP contribution in [0, 0.1) is 0 Å². The Balaban J connectivity index is 1.91. The number of methoxy groups -OCH3 is 5. The van der Waals surface area contributed by atoms with Crippen LogP contribution in [0.25, 0.3) is 5.57 Å². The maximum absolute atomic E-state index is 13.6. The number of carbonyl (C=O) groups excluding carboxylic acids is 1. The largest absolute Gasteiger partial charge is 0.497 e. The minimum atomic E-state index is -2.08. The number of aliphatic hydroxyl groups is 1. The Morgan fingerprint density at radius 2 is 1.40 bits per heavy atom. The van der Waals surface area contributed by atoms with E-state index in [0.717, 1.165) is 0 Å². The second-order valence-corrected chi connectivity index (χ2v) is 9.87. The van der Waals surface area contributed by atoms with Gasteiger partial charge in [0.2, 0.25) is 5.75 Å². The third-order valence-electron chi connectivity index (χ3n) is 6.96. The second kappa shape index (κ2) is 13.1. The molecule has 1 heterocycles. The molecule has 1 atom stereocenters. The van der Waals surface area contributed by atoms with Crippen LogP contribution in [0.1, 0.15) is 16.7 Å². The summed E-state index contributed by atoms with van der Waals surface area (Å²) in [4.78, 5) is 15.6. The third-order valence-corrected chi connectivity index (χ3v) is 6.96. The molecule has 3 aromatic rings. The molecule has 0 radical (unpaired) electrons. The standard InChI is InChI=1S/C32H37NO9/c1-33(2)12-13-41-28-16-20(15-27(39-6)30(28)40-7)14-26-29(21-17-24(37-4)19-25(18-21)38-5)31(34)42-32(26,35)22-8-10-23(36-3)11-9-22/h8-11,15-19,35H,12-14H2,1-7H3. The van der Waals surface area contributed by atoms with E-state index >= 15 is 0 Å². The number of hydrogen-bond acceptors (Lipinski definition) is 10. The lowest BCUT2D eigenvalue weighted by molar-refractivity contribution is -0.185. The molecule has 10 nitrogen and oxygen atoms in total. The SMILES string of the molecule is COc1ccc(C2(O)OC(=O)C(c3cc(OC)cc(OC)c3)=C2Cc2cc(OC)c(OC)c(OCCN(C)C)c2)cc1. The van der Waals surface area contributed by atoms with Gasteiger partial charge in [0.25, 0.3) is 5.79 Å². The van der Waals surface area contributed by atoms with Crippen molar-refractivity contribution in [1.82, 2.24) is 4.90 Å². The first-order chi connectivity index (χ1) is 20.2. The highest BCUT2D eigenvalue weighted by molar-refractivity contribution is 6.20. The summed E-state index contributed by atoms with van der Waals surface area (Å²) in [5.41, 5.74) is 2.04. The first kappa shape index (κ1) is 30.5. The van der Waals surface area contributed by atoms with Crippen molar-refractivity contribution in [1.29, 1.82) is 0 Å². The van der Waals surface area contributed by atoms with Crippen LogP contribution in [0.15, 0.2) is 60.2 Å². The summed E-state index contributed by atoms with van der Waals surface area (Å²) in [6.07, 6.45) is 0.105. The smallest absolute Gasteiger partial charge is 0.342 e. The lowest BCUT2D eigenvalue weighted by atomic mass is 9.87. The lowest BCUT2D eigenvalue weighted by Gasteiger charge is -2.26. The van der Waals surface area contributed by atoms with Crippen LogP contribution in [0.5, 0.6) is 34.5 Å². The van der Waals surface area contributed by atoms with Gasteiger partial charge in [0.1, 0.15) is 23.9 Å². The molecule has 1 aliphatic rings. The molecule has 0 saturated carbocycles. The summed E-state index contributed by atoms with van der Waals surface area (Å²) in [7, 11) is 11.6. The van der Waals surface area contributed by atoms with Gasteiger partial charge in [-0.15, -0.1) is 0 Å². The number of rotatable bonds is 13. The van der Waals surface area contributed by atoms with Crippen molar-refractivity contribution < 1.29 is 43.1 Å². The molecule has 0 spiro atoms. The van der Waals surface area contributed by atoms with Crippen LogP contribution >= 0.6 is 0 Å². The zero-order valence-electron chi connectivity index (χ0n) is 25.0. The lowest BCUT2D eigenvalue weighted by Crippen LogP contribution is -2.29. The van der Waals surface area contributed by atoms with Crippen molar-refractivity contribution in [3.63, 3.8) is 0 Å². The number of likely N-dealkylation sites (N-methyl/N-ethyl adjacent to an activating group) is 1. The molecule has 0 amide bonds. The van der Waals surface area contributed by atoms with Crippen LogP contribution in [0.4, 0.5) is 0 Å². The van der Waals surface area contributed by atoms with E-state index in [-0.39, 0.29) is 12.0 Å². The number of hydrogen-bond donors (Lipinski definition) is 1. The fourth-order valence-electron chi connectivity index (χ4n) is 4.78. The van der Waals surface area contributed by atoms with E-state index in [1.165, 1.54) is 21.3 Å². The van der Waals surface area contributed by atoms with Gasteiger partial charge in [0.15, 0.2) is 11.5 Å². The summed E-state index contributed by atoms with van der Waals surface area (Å²) in [5.74, 6) is 0.133. The van der Waals surface area contributed by atoms with Gasteiger partial charge in [-0.3, -0.25) is 0 Å². The fourth-order valence-corrected chi connectivity index (χ4v) is 4.78. The molecule has 1 unspecified atom stereocenters. The fraction of sp³-hybridized carbons (Fsp3) is 0.344. The number of esters is 1. The first-order valence-corrected chi connectivity index (χ1v) is 13.3. The van der Waals surface area contributed by atoms with Crippen molar-refractivity contribution >= 4 is 11.5 Å². The molecular weight excluding hydrogens is 542 g/mol. The van der Waals surface area contributed by atoms with Crippen molar-refractivity contribution in [2.45, 2.75) is 12.2 Å². The average Bonchev–Trinajstić information content (AvgIpc) is 3.25. The topological polar surface area (TPSA) is 105 Å². The zero-order valence-corrected chi connectivity index (χ0v) is 25.0. The molecule has 1 N–H and O–H groups in total. The highest BCUT2D eigenvalue weighted by atomic mass is 16.7. The van der Waals surface area contributed by atoms with Crippen LogP contribution in [0.2, 0.25) is 0 Å². The van der Waals surface area contributed by atoms with E-state index in [1.54, 1.807) is 62.8 Å². The normalized spacial score (nSPS) is 16.4. The Kier molecular flexibility index (Phi) is 9.49. The molecular formula is C32H37NO9. The number of benzene rings is 3. The van der Waals surface area contributed by atoms with Crippen molar-refractivity contribution in [2.24, 2.45) is 0 Å². The van der Waals surface area contributed by atoms with E-state index < -0.39 is 11.8 Å². The maximum atomic E-state index is 13.6. The van der Waals surface area contributed by atoms with Crippen molar-refractivity contribution in [3.05, 3.63) is 76.9 Å². The van der Waals surface area contributed by atoms with Crippen molar-refractivity contribution in [2.75, 3.05) is 62.8 Å². The molecule has 0 aromatic heterocycles. The van der Waals surface area contributed by atoms with Gasteiger partial charge in [-0.25, -0.2) is 4.79 Å². The molecule has 1 aliphatic heterocycles. The Labute approximate surface area is 245 Å². The minimum Gasteiger partial charge on any atom is -0.497 e. The van der Waals surface area contributed by atoms with E-state index in [1.807, 2.05) is 25.1 Å². The van der Waals surface area contributed by atoms with Crippen LogP contribution in [0.3, 0.4) is 0 Å². The first-order valence-electron chi connectivity index (χ1n) is 13.3. The predicted octanol–water partition coefficient (Wildman–Crippen LogP) is 4.07. The Hall–Kier alpha value is -4.41. The molecule has 224 valence electrons. The highest BCUT2D eigenvalue weighted by Crippen LogP contribution is 2.47. The minimum absolute atomic E-state index is 0.105. The molecule has 0 saturated heterocycles. The molecule has 0 fully saturated rings. The Morgan fingerprint density at radius 1 is 0.786 bits per heavy atom. The van der Waals surface area contributed by atoms with Gasteiger partial charge in [0, 0.05) is 30.2 Å². The molecule has 10 heteroatoms. The zero-order chi connectivity index (χ0) is 30.4. The van der Waals surface area contributed by atoms with E-state index in [0.29, 0.717) is 69.9 Å². The molecule has 0 bridgehead atoms. The Bertz CT molecular complexity index is 1430. The summed E-state index contributed by atoms with van der Waals surface area (Å²) < 4.78 is 39.2. The number of nitrogens with zero attached hydrogens (tertiary/aromatic N) is 1. The van der Waals surface area contributed by atoms with Crippen molar-refractivity contribution in [3.8, 4) is 34.5 Å². The summed E-state index contributed by atoms with van der Waals surface area (Å²) in [5, 5.41) is 12.1. The molecule has 0 aliphatic carbocycles. The monoisotopic (exact) mass is 579 g/mol. The van der Waals surface area contributed by atoms with Gasteiger partial charge in [-0.05, 0) is 73.8 Å². The highest BCUT2D eigenvalue weighted by Gasteiger charge is 2.48. The van der Waals surface area contributed by atoms with Gasteiger partial charge in [-0.1, -0.05) is 0 Å². The molecule has 42 heavy (non-hydrogen) atoms. The van der Waals surface area contributed by atoms with Crippen LogP contribution < -0.4 is 28.4 Å². The number of cyclic esters (lactones) is 1. The maximum Gasteiger partial charge on any atom is 0.342 e. The van der Waals surface area contributed by atoms with Gasteiger partial charge in [-0.2, -0.15) is 0 Å². The quantitative estimate of drug-likeness (QED) is 0.298. The summed E-state index contributed by atoms with van der Waals surface area (Å²) >= 11 is 0. The van der Waals surface area contributed by atoms with Gasteiger partial charge in [0.05, 0.1) is 41.1 Å². The van der Waals surface area contributed by atoms with Gasteiger partial charge < -0.3 is 43.2 Å². The third kappa shape index (κ3) is 6.24. The molecule has 4 rings (SSSR count). The van der Waals surface area contributed by atoms with Crippen LogP contribution in [-0.2, 0) is 21.7 Å². The Morgan fingerprint density at radius 3 is 1.95 bits per heavy atom. The average molecular weight is 580 g/mol. The summed E-state index contributed by atoms with van der Waals surface area (Å²) in [6, 6.07) is 15.4. The van der Waals surface area contributed by atoms with Gasteiger partial charge >= 0.3 is 5.97 Å². The van der Waals surface area contributed by atoms with Crippen LogP contribution in [-0.4, -0.2) is 78.8 Å². The second-order valence-electron chi connectivity index (χ2n) is 9.87. The molecule has 3 aromatic carbocycles. The van der Waals surface area contributed by atoms with E-state index in [2.05, 4.69) is 0 Å². The van der Waals surface area contributed by atoms with E-state index in [4.69, 9.17) is 33.2 Å². The number of ether oxygens (including phenoxy) is 7. The predicted molar refractivity (Wildman–Crippen MR) is 157 cm³/mol. The number of carbonyl (C=O) groups is 1.